The number of nitrogens with zero attached hydrogens (tertiary/aromatic N) is 1. The Morgan fingerprint density at radius 3 is 2.39 bits per heavy atom. The Labute approximate surface area is 171 Å². The van der Waals surface area contributed by atoms with Gasteiger partial charge in [-0.15, -0.1) is 0 Å². The van der Waals surface area contributed by atoms with Crippen molar-refractivity contribution in [2.24, 2.45) is 0 Å². The molecule has 0 spiro atoms. The van der Waals surface area contributed by atoms with E-state index in [0.717, 1.165) is 41.2 Å². The fourth-order valence-electron chi connectivity index (χ4n) is 3.21. The third kappa shape index (κ3) is 4.23. The SMILES string of the molecule is CCCCNC(=O)c1cc(-c2ccc(Cl)cc2)n(-c2ccc(OC)cc2)c1C. The first-order chi connectivity index (χ1) is 13.5. The van der Waals surface area contributed by atoms with E-state index in [1.807, 2.05) is 61.5 Å². The van der Waals surface area contributed by atoms with Crippen LogP contribution in [0.25, 0.3) is 16.9 Å². The molecule has 28 heavy (non-hydrogen) atoms. The molecule has 1 amide bonds. The lowest BCUT2D eigenvalue weighted by Crippen LogP contribution is -2.24. The number of nitrogens with one attached hydrogen (secondary N) is 1. The van der Waals surface area contributed by atoms with Crippen molar-refractivity contribution < 1.29 is 9.53 Å². The van der Waals surface area contributed by atoms with Crippen LogP contribution in [0.15, 0.2) is 54.6 Å². The minimum absolute atomic E-state index is 0.0478. The lowest BCUT2D eigenvalue weighted by atomic mass is 10.1. The van der Waals surface area contributed by atoms with Gasteiger partial charge in [-0.25, -0.2) is 0 Å². The van der Waals surface area contributed by atoms with Gasteiger partial charge in [0.2, 0.25) is 0 Å². The summed E-state index contributed by atoms with van der Waals surface area (Å²) in [4.78, 5) is 12.8. The molecule has 0 aliphatic heterocycles. The van der Waals surface area contributed by atoms with E-state index in [-0.39, 0.29) is 5.91 Å². The highest BCUT2D eigenvalue weighted by Crippen LogP contribution is 2.31. The van der Waals surface area contributed by atoms with Crippen LogP contribution in [0.1, 0.15) is 35.8 Å². The quantitative estimate of drug-likeness (QED) is 0.525. The highest BCUT2D eigenvalue weighted by atomic mass is 35.5. The lowest BCUT2D eigenvalue weighted by molar-refractivity contribution is 0.0952. The number of rotatable bonds is 7. The Bertz CT molecular complexity index is 944. The fraction of sp³-hybridized carbons (Fsp3) is 0.261. The molecule has 3 aromatic rings. The molecule has 0 radical (unpaired) electrons. The van der Waals surface area contributed by atoms with Gasteiger partial charge in [0.15, 0.2) is 0 Å². The first-order valence-corrected chi connectivity index (χ1v) is 9.84. The second-order valence-electron chi connectivity index (χ2n) is 6.68. The number of hydrogen-bond acceptors (Lipinski definition) is 2. The standard InChI is InChI=1S/C23H25ClN2O2/c1-4-5-14-25-23(27)21-15-22(17-6-8-18(24)9-7-17)26(16(21)2)19-10-12-20(28-3)13-11-19/h6-13,15H,4-5,14H2,1-3H3,(H,25,27). The lowest BCUT2D eigenvalue weighted by Gasteiger charge is -2.13. The molecule has 2 aromatic carbocycles. The van der Waals surface area contributed by atoms with Crippen LogP contribution in [-0.2, 0) is 0 Å². The zero-order valence-corrected chi connectivity index (χ0v) is 17.2. The molecule has 0 aliphatic carbocycles. The normalized spacial score (nSPS) is 10.7. The van der Waals surface area contributed by atoms with Crippen molar-refractivity contribution in [1.82, 2.24) is 9.88 Å². The van der Waals surface area contributed by atoms with Crippen LogP contribution >= 0.6 is 11.6 Å². The van der Waals surface area contributed by atoms with E-state index in [1.165, 1.54) is 0 Å². The number of unbranched alkanes of at least 4 members (excludes halogenated alkanes) is 1. The molecule has 1 aromatic heterocycles. The smallest absolute Gasteiger partial charge is 0.253 e. The second kappa shape index (κ2) is 8.98. The van der Waals surface area contributed by atoms with Crippen molar-refractivity contribution in [3.05, 3.63) is 70.9 Å². The first kappa shape index (κ1) is 20.0. The number of halogens is 1. The van der Waals surface area contributed by atoms with Gasteiger partial charge in [0.05, 0.1) is 18.4 Å². The molecule has 0 saturated carbocycles. The van der Waals surface area contributed by atoms with Gasteiger partial charge in [-0.3, -0.25) is 4.79 Å². The van der Waals surface area contributed by atoms with Crippen LogP contribution in [0.2, 0.25) is 5.02 Å². The van der Waals surface area contributed by atoms with E-state index in [9.17, 15) is 4.79 Å². The summed E-state index contributed by atoms with van der Waals surface area (Å²) in [6.45, 7) is 4.76. The number of ether oxygens (including phenoxy) is 1. The molecule has 146 valence electrons. The molecule has 0 unspecified atom stereocenters. The molecule has 0 aliphatic rings. The molecule has 1 heterocycles. The van der Waals surface area contributed by atoms with Crippen molar-refractivity contribution in [2.45, 2.75) is 26.7 Å². The van der Waals surface area contributed by atoms with Crippen LogP contribution in [0.5, 0.6) is 5.75 Å². The zero-order valence-electron chi connectivity index (χ0n) is 16.5. The molecule has 4 nitrogen and oxygen atoms in total. The summed E-state index contributed by atoms with van der Waals surface area (Å²) in [6.07, 6.45) is 2.01. The molecule has 5 heteroatoms. The van der Waals surface area contributed by atoms with Gasteiger partial charge >= 0.3 is 0 Å². The largest absolute Gasteiger partial charge is 0.497 e. The van der Waals surface area contributed by atoms with Crippen molar-refractivity contribution in [2.75, 3.05) is 13.7 Å². The van der Waals surface area contributed by atoms with E-state index < -0.39 is 0 Å². The van der Waals surface area contributed by atoms with E-state index in [2.05, 4.69) is 16.8 Å². The van der Waals surface area contributed by atoms with Crippen LogP contribution in [-0.4, -0.2) is 24.1 Å². The summed E-state index contributed by atoms with van der Waals surface area (Å²) in [5.41, 5.74) is 4.48. The van der Waals surface area contributed by atoms with Gasteiger partial charge in [0.25, 0.3) is 5.91 Å². The molecule has 0 atom stereocenters. The summed E-state index contributed by atoms with van der Waals surface area (Å²) in [7, 11) is 1.65. The van der Waals surface area contributed by atoms with E-state index in [4.69, 9.17) is 16.3 Å². The molecular formula is C23H25ClN2O2. The summed E-state index contributed by atoms with van der Waals surface area (Å²) in [6, 6.07) is 17.4. The average molecular weight is 397 g/mol. The maximum Gasteiger partial charge on any atom is 0.253 e. The van der Waals surface area contributed by atoms with Gasteiger partial charge in [-0.1, -0.05) is 37.1 Å². The van der Waals surface area contributed by atoms with E-state index in [0.29, 0.717) is 17.1 Å². The molecule has 3 rings (SSSR count). The number of carbonyl (C=O) groups is 1. The van der Waals surface area contributed by atoms with Gasteiger partial charge in [0, 0.05) is 22.9 Å². The zero-order chi connectivity index (χ0) is 20.1. The summed E-state index contributed by atoms with van der Waals surface area (Å²) >= 11 is 6.06. The van der Waals surface area contributed by atoms with Crippen molar-refractivity contribution in [3.8, 4) is 22.7 Å². The number of hydrogen-bond donors (Lipinski definition) is 1. The third-order valence-electron chi connectivity index (χ3n) is 4.78. The van der Waals surface area contributed by atoms with Crippen LogP contribution in [0.3, 0.4) is 0 Å². The Balaban J connectivity index is 2.08. The highest BCUT2D eigenvalue weighted by molar-refractivity contribution is 6.30. The molecule has 0 fully saturated rings. The Morgan fingerprint density at radius 1 is 1.11 bits per heavy atom. The number of carbonyl (C=O) groups excluding carboxylic acids is 1. The Kier molecular flexibility index (Phi) is 6.42. The minimum atomic E-state index is -0.0478. The van der Waals surface area contributed by atoms with Gasteiger partial charge in [0.1, 0.15) is 5.75 Å². The second-order valence-corrected chi connectivity index (χ2v) is 7.11. The monoisotopic (exact) mass is 396 g/mol. The first-order valence-electron chi connectivity index (χ1n) is 9.46. The Hall–Kier alpha value is -2.72. The van der Waals surface area contributed by atoms with Crippen molar-refractivity contribution in [1.29, 1.82) is 0 Å². The molecule has 0 bridgehead atoms. The number of methoxy groups -OCH3 is 1. The molecule has 0 saturated heterocycles. The number of benzene rings is 2. The number of amides is 1. The highest BCUT2D eigenvalue weighted by Gasteiger charge is 2.19. The van der Waals surface area contributed by atoms with Crippen LogP contribution < -0.4 is 10.1 Å². The molecular weight excluding hydrogens is 372 g/mol. The summed E-state index contributed by atoms with van der Waals surface area (Å²) < 4.78 is 7.37. The molecule has 1 N–H and O–H groups in total. The maximum absolute atomic E-state index is 12.8. The number of aromatic nitrogens is 1. The van der Waals surface area contributed by atoms with Crippen LogP contribution in [0.4, 0.5) is 0 Å². The fourth-order valence-corrected chi connectivity index (χ4v) is 3.33. The summed E-state index contributed by atoms with van der Waals surface area (Å²) in [5, 5.41) is 3.70. The minimum Gasteiger partial charge on any atom is -0.497 e. The predicted octanol–water partition coefficient (Wildman–Crippen LogP) is 5.64. The van der Waals surface area contributed by atoms with Crippen LogP contribution in [0, 0.1) is 6.92 Å². The van der Waals surface area contributed by atoms with Crippen molar-refractivity contribution >= 4 is 17.5 Å². The van der Waals surface area contributed by atoms with Gasteiger partial charge in [-0.05, 0) is 61.4 Å². The predicted molar refractivity (Wildman–Crippen MR) is 115 cm³/mol. The average Bonchev–Trinajstić information content (AvgIpc) is 3.06. The van der Waals surface area contributed by atoms with Gasteiger partial charge in [-0.2, -0.15) is 0 Å². The maximum atomic E-state index is 12.8. The third-order valence-corrected chi connectivity index (χ3v) is 5.03. The topological polar surface area (TPSA) is 43.3 Å². The van der Waals surface area contributed by atoms with E-state index in [1.54, 1.807) is 7.11 Å². The summed E-state index contributed by atoms with van der Waals surface area (Å²) in [5.74, 6) is 0.743. The van der Waals surface area contributed by atoms with Crippen molar-refractivity contribution in [3.63, 3.8) is 0 Å². The van der Waals surface area contributed by atoms with E-state index >= 15 is 0 Å². The van der Waals surface area contributed by atoms with Gasteiger partial charge < -0.3 is 14.6 Å². The Morgan fingerprint density at radius 2 is 1.79 bits per heavy atom.